The Morgan fingerprint density at radius 3 is 2.50 bits per heavy atom. The molecule has 0 aliphatic heterocycles. The van der Waals surface area contributed by atoms with Crippen molar-refractivity contribution in [1.82, 2.24) is 9.13 Å². The highest BCUT2D eigenvalue weighted by molar-refractivity contribution is 7.90. The van der Waals surface area contributed by atoms with Crippen LogP contribution in [0.3, 0.4) is 0 Å². The number of aryl methyl sites for hydroxylation is 2. The maximum atomic E-state index is 12.6. The molecule has 9 heteroatoms. The number of nitriles is 1. The second-order valence-corrected chi connectivity index (χ2v) is 5.76. The van der Waals surface area contributed by atoms with E-state index >= 15 is 0 Å². The minimum absolute atomic E-state index is 0.00231. The molecule has 2 aromatic rings. The lowest BCUT2D eigenvalue weighted by Crippen LogP contribution is -2.26. The number of nitrogens with zero attached hydrogens (tertiary/aromatic N) is 3. The SMILES string of the molecule is CCc1c(C#N)oc(=O)n1S(=O)(=O)c1c(C)noc1C. The van der Waals surface area contributed by atoms with Crippen LogP contribution >= 0.6 is 0 Å². The maximum absolute atomic E-state index is 12.6. The van der Waals surface area contributed by atoms with Crippen molar-refractivity contribution in [3.63, 3.8) is 0 Å². The van der Waals surface area contributed by atoms with Gasteiger partial charge >= 0.3 is 5.76 Å². The standard InChI is InChI=1S/C11H11N3O5S/c1-4-8-9(5-12)18-11(15)14(8)20(16,17)10-6(2)13-19-7(10)3/h4H2,1-3H3. The Morgan fingerprint density at radius 2 is 2.05 bits per heavy atom. The fourth-order valence-electron chi connectivity index (χ4n) is 1.96. The summed E-state index contributed by atoms with van der Waals surface area (Å²) < 4.78 is 35.1. The molecule has 0 saturated carbocycles. The molecule has 8 nitrogen and oxygen atoms in total. The van der Waals surface area contributed by atoms with E-state index in [2.05, 4.69) is 9.57 Å². The molecule has 0 fully saturated rings. The van der Waals surface area contributed by atoms with E-state index < -0.39 is 15.8 Å². The lowest BCUT2D eigenvalue weighted by molar-refractivity contribution is 0.390. The molecular weight excluding hydrogens is 286 g/mol. The van der Waals surface area contributed by atoms with Crippen molar-refractivity contribution >= 4 is 10.0 Å². The highest BCUT2D eigenvalue weighted by Gasteiger charge is 2.32. The molecule has 2 heterocycles. The quantitative estimate of drug-likeness (QED) is 0.818. The zero-order valence-electron chi connectivity index (χ0n) is 11.0. The van der Waals surface area contributed by atoms with Gasteiger partial charge in [0, 0.05) is 0 Å². The molecule has 2 rings (SSSR count). The largest absolute Gasteiger partial charge is 0.434 e. The number of rotatable bonds is 3. The van der Waals surface area contributed by atoms with Crippen molar-refractivity contribution in [3.8, 4) is 6.07 Å². The van der Waals surface area contributed by atoms with Crippen LogP contribution in [-0.2, 0) is 16.4 Å². The number of aromatic nitrogens is 2. The van der Waals surface area contributed by atoms with Gasteiger partial charge in [-0.05, 0) is 20.3 Å². The summed E-state index contributed by atoms with van der Waals surface area (Å²) in [6.07, 6.45) is 0.150. The van der Waals surface area contributed by atoms with Crippen molar-refractivity contribution in [2.45, 2.75) is 32.1 Å². The third-order valence-corrected chi connectivity index (χ3v) is 4.71. The van der Waals surface area contributed by atoms with Crippen LogP contribution in [-0.4, -0.2) is 17.5 Å². The third-order valence-electron chi connectivity index (χ3n) is 2.77. The molecule has 0 bridgehead atoms. The van der Waals surface area contributed by atoms with E-state index in [-0.39, 0.29) is 34.2 Å². The summed E-state index contributed by atoms with van der Waals surface area (Å²) >= 11 is 0. The summed E-state index contributed by atoms with van der Waals surface area (Å²) in [7, 11) is -4.22. The lowest BCUT2D eigenvalue weighted by Gasteiger charge is -2.05. The van der Waals surface area contributed by atoms with Crippen LogP contribution in [0.2, 0.25) is 0 Å². The number of hydrogen-bond acceptors (Lipinski definition) is 7. The van der Waals surface area contributed by atoms with Crippen molar-refractivity contribution in [2.24, 2.45) is 0 Å². The molecule has 0 spiro atoms. The molecule has 0 unspecified atom stereocenters. The van der Waals surface area contributed by atoms with Gasteiger partial charge in [0.05, 0.1) is 5.69 Å². The molecule has 0 aromatic carbocycles. The first-order chi connectivity index (χ1) is 9.34. The highest BCUT2D eigenvalue weighted by Crippen LogP contribution is 2.23. The van der Waals surface area contributed by atoms with Gasteiger partial charge in [0.15, 0.2) is 10.7 Å². The molecule has 0 N–H and O–H groups in total. The molecule has 2 aromatic heterocycles. The van der Waals surface area contributed by atoms with Crippen molar-refractivity contribution in [1.29, 1.82) is 5.26 Å². The molecule has 0 saturated heterocycles. The van der Waals surface area contributed by atoms with E-state index in [4.69, 9.17) is 9.78 Å². The summed E-state index contributed by atoms with van der Waals surface area (Å²) in [6, 6.07) is 1.66. The monoisotopic (exact) mass is 297 g/mol. The summed E-state index contributed by atoms with van der Waals surface area (Å²) in [5.74, 6) is -1.37. The average Bonchev–Trinajstić information content (AvgIpc) is 2.89. The first-order valence-corrected chi connectivity index (χ1v) is 7.11. The molecule has 0 atom stereocenters. The van der Waals surface area contributed by atoms with E-state index in [1.54, 1.807) is 13.0 Å². The molecule has 0 amide bonds. The van der Waals surface area contributed by atoms with Crippen LogP contribution in [0.15, 0.2) is 18.6 Å². The van der Waals surface area contributed by atoms with Gasteiger partial charge < -0.3 is 8.94 Å². The van der Waals surface area contributed by atoms with Gasteiger partial charge in [-0.25, -0.2) is 13.2 Å². The van der Waals surface area contributed by atoms with Gasteiger partial charge in [0.25, 0.3) is 10.0 Å². The van der Waals surface area contributed by atoms with Crippen LogP contribution in [0.1, 0.15) is 29.8 Å². The van der Waals surface area contributed by atoms with E-state index in [1.807, 2.05) is 0 Å². The molecule has 0 aliphatic carbocycles. The van der Waals surface area contributed by atoms with Gasteiger partial charge in [0.1, 0.15) is 11.8 Å². The summed E-state index contributed by atoms with van der Waals surface area (Å²) in [5, 5.41) is 12.4. The fourth-order valence-corrected chi connectivity index (χ4v) is 3.69. The summed E-state index contributed by atoms with van der Waals surface area (Å²) in [4.78, 5) is 11.6. The topological polar surface area (TPSA) is 119 Å². The molecular formula is C11H11N3O5S. The number of hydrogen-bond donors (Lipinski definition) is 0. The van der Waals surface area contributed by atoms with E-state index in [9.17, 15) is 13.2 Å². The Morgan fingerprint density at radius 1 is 1.40 bits per heavy atom. The first-order valence-electron chi connectivity index (χ1n) is 5.67. The van der Waals surface area contributed by atoms with Gasteiger partial charge in [-0.2, -0.15) is 9.23 Å². The number of oxazole rings is 1. The maximum Gasteiger partial charge on any atom is 0.434 e. The Hall–Kier alpha value is -2.34. The Kier molecular flexibility index (Phi) is 3.27. The van der Waals surface area contributed by atoms with Gasteiger partial charge in [-0.3, -0.25) is 0 Å². The van der Waals surface area contributed by atoms with Gasteiger partial charge in [-0.15, -0.1) is 0 Å². The predicted octanol–water partition coefficient (Wildman–Crippen LogP) is 0.717. The second kappa shape index (κ2) is 4.64. The van der Waals surface area contributed by atoms with E-state index in [0.717, 1.165) is 0 Å². The van der Waals surface area contributed by atoms with Crippen molar-refractivity contribution < 1.29 is 17.4 Å². The third kappa shape index (κ3) is 1.85. The normalized spacial score (nSPS) is 11.5. The highest BCUT2D eigenvalue weighted by atomic mass is 32.2. The van der Waals surface area contributed by atoms with Crippen LogP contribution in [0, 0.1) is 25.2 Å². The zero-order valence-corrected chi connectivity index (χ0v) is 11.8. The Balaban J connectivity index is 2.85. The van der Waals surface area contributed by atoms with Gasteiger partial charge in [-0.1, -0.05) is 12.1 Å². The molecule has 20 heavy (non-hydrogen) atoms. The minimum atomic E-state index is -4.22. The average molecular weight is 297 g/mol. The second-order valence-electron chi connectivity index (χ2n) is 4.03. The Labute approximate surface area is 114 Å². The van der Waals surface area contributed by atoms with E-state index in [0.29, 0.717) is 3.97 Å². The lowest BCUT2D eigenvalue weighted by atomic mass is 10.3. The zero-order chi connectivity index (χ0) is 15.1. The minimum Gasteiger partial charge on any atom is -0.396 e. The summed E-state index contributed by atoms with van der Waals surface area (Å²) in [5.41, 5.74) is 0.133. The summed E-state index contributed by atoms with van der Waals surface area (Å²) in [6.45, 7) is 4.49. The predicted molar refractivity (Wildman–Crippen MR) is 65.6 cm³/mol. The Bertz CT molecular complexity index is 843. The molecule has 106 valence electrons. The van der Waals surface area contributed by atoms with Crippen LogP contribution in [0.25, 0.3) is 0 Å². The van der Waals surface area contributed by atoms with Crippen molar-refractivity contribution in [3.05, 3.63) is 33.5 Å². The fraction of sp³-hybridized carbons (Fsp3) is 0.364. The van der Waals surface area contributed by atoms with Gasteiger partial charge in [0.2, 0.25) is 5.76 Å². The van der Waals surface area contributed by atoms with E-state index in [1.165, 1.54) is 13.8 Å². The molecule has 0 aliphatic rings. The van der Waals surface area contributed by atoms with Crippen LogP contribution < -0.4 is 5.76 Å². The van der Waals surface area contributed by atoms with Crippen LogP contribution in [0.4, 0.5) is 0 Å². The smallest absolute Gasteiger partial charge is 0.396 e. The molecule has 0 radical (unpaired) electrons. The van der Waals surface area contributed by atoms with Crippen LogP contribution in [0.5, 0.6) is 0 Å². The first kappa shape index (κ1) is 14.1. The van der Waals surface area contributed by atoms with Crippen molar-refractivity contribution in [2.75, 3.05) is 0 Å².